The predicted molar refractivity (Wildman–Crippen MR) is 23.2 cm³/mol. The Morgan fingerprint density at radius 1 is 1.60 bits per heavy atom. The van der Waals surface area contributed by atoms with Gasteiger partial charge in [0.25, 0.3) is 0 Å². The Morgan fingerprint density at radius 2 is 1.80 bits per heavy atom. The summed E-state index contributed by atoms with van der Waals surface area (Å²) in [5.41, 5.74) is 0. The summed E-state index contributed by atoms with van der Waals surface area (Å²) < 4.78 is 0. The molecule has 0 spiro atoms. The van der Waals surface area contributed by atoms with Crippen LogP contribution in [0.25, 0.3) is 0 Å². The topological polar surface area (TPSA) is 0 Å². The van der Waals surface area contributed by atoms with Crippen LogP contribution >= 0.6 is 11.6 Å². The fourth-order valence-corrected chi connectivity index (χ4v) is 0.230. The molecule has 29 valence electrons. The minimum Gasteiger partial charge on any atom is -0.119 e. The maximum absolute atomic E-state index is 5.53. The van der Waals surface area contributed by atoms with Crippen molar-refractivity contribution in [2.75, 3.05) is 0 Å². The third-order valence-corrected chi connectivity index (χ3v) is 1.17. The SMILES string of the molecule is [CH2]C1(Cl)CC1. The zero-order valence-corrected chi connectivity index (χ0v) is 3.76. The lowest BCUT2D eigenvalue weighted by Gasteiger charge is -1.82. The van der Waals surface area contributed by atoms with Crippen molar-refractivity contribution in [3.05, 3.63) is 6.92 Å². The lowest BCUT2D eigenvalue weighted by molar-refractivity contribution is 1.18. The molecule has 0 atom stereocenters. The quantitative estimate of drug-likeness (QED) is 0.396. The summed E-state index contributed by atoms with van der Waals surface area (Å²) in [5, 5.41) is 0. The third kappa shape index (κ3) is 0.804. The average molecular weight is 89.5 g/mol. The Kier molecular flexibility index (Phi) is 0.470. The Balaban J connectivity index is 2.38. The van der Waals surface area contributed by atoms with Crippen molar-refractivity contribution in [1.82, 2.24) is 0 Å². The smallest absolute Gasteiger partial charge is 0.0448 e. The highest BCUT2D eigenvalue weighted by atomic mass is 35.5. The van der Waals surface area contributed by atoms with E-state index in [1.165, 1.54) is 0 Å². The van der Waals surface area contributed by atoms with Crippen LogP contribution in [0.15, 0.2) is 0 Å². The summed E-state index contributed by atoms with van der Waals surface area (Å²) in [6.07, 6.45) is 2.21. The molecule has 1 radical (unpaired) electrons. The first-order chi connectivity index (χ1) is 2.21. The van der Waals surface area contributed by atoms with Gasteiger partial charge in [0.15, 0.2) is 0 Å². The minimum atomic E-state index is -0.0278. The van der Waals surface area contributed by atoms with E-state index in [2.05, 4.69) is 6.92 Å². The van der Waals surface area contributed by atoms with Crippen LogP contribution < -0.4 is 0 Å². The van der Waals surface area contributed by atoms with Crippen molar-refractivity contribution in [3.8, 4) is 0 Å². The summed E-state index contributed by atoms with van der Waals surface area (Å²) >= 11 is 5.53. The van der Waals surface area contributed by atoms with E-state index in [0.29, 0.717) is 0 Å². The molecule has 5 heavy (non-hydrogen) atoms. The first-order valence-electron chi connectivity index (χ1n) is 1.75. The van der Waals surface area contributed by atoms with Crippen LogP contribution in [0.5, 0.6) is 0 Å². The zero-order chi connectivity index (χ0) is 3.91. The highest BCUT2D eigenvalue weighted by molar-refractivity contribution is 6.26. The van der Waals surface area contributed by atoms with E-state index < -0.39 is 0 Å². The van der Waals surface area contributed by atoms with Crippen molar-refractivity contribution in [2.24, 2.45) is 0 Å². The molecular formula is C4H6Cl. The molecule has 1 fully saturated rings. The summed E-state index contributed by atoms with van der Waals surface area (Å²) in [7, 11) is 0. The van der Waals surface area contributed by atoms with Gasteiger partial charge in [-0.1, -0.05) is 0 Å². The van der Waals surface area contributed by atoms with Gasteiger partial charge in [0.1, 0.15) is 0 Å². The Bertz CT molecular complexity index is 41.6. The molecule has 1 aliphatic carbocycles. The van der Waals surface area contributed by atoms with Gasteiger partial charge in [-0.3, -0.25) is 0 Å². The molecule has 0 amide bonds. The molecular weight excluding hydrogens is 83.5 g/mol. The molecule has 0 nitrogen and oxygen atoms in total. The molecule has 0 aromatic heterocycles. The summed E-state index contributed by atoms with van der Waals surface area (Å²) in [5.74, 6) is 0. The summed E-state index contributed by atoms with van der Waals surface area (Å²) in [6, 6.07) is 0. The first kappa shape index (κ1) is 3.48. The molecule has 1 rings (SSSR count). The van der Waals surface area contributed by atoms with Gasteiger partial charge in [0.05, 0.1) is 0 Å². The largest absolute Gasteiger partial charge is 0.119 e. The van der Waals surface area contributed by atoms with Gasteiger partial charge in [-0.05, 0) is 19.8 Å². The summed E-state index contributed by atoms with van der Waals surface area (Å²) in [6.45, 7) is 3.65. The maximum atomic E-state index is 5.53. The van der Waals surface area contributed by atoms with E-state index in [4.69, 9.17) is 11.6 Å². The van der Waals surface area contributed by atoms with Crippen LogP contribution in [-0.2, 0) is 0 Å². The number of alkyl halides is 1. The second kappa shape index (κ2) is 0.676. The van der Waals surface area contributed by atoms with Gasteiger partial charge >= 0.3 is 0 Å². The van der Waals surface area contributed by atoms with E-state index in [1.807, 2.05) is 0 Å². The van der Waals surface area contributed by atoms with Crippen molar-refractivity contribution >= 4 is 11.6 Å². The Labute approximate surface area is 37.1 Å². The Morgan fingerprint density at radius 3 is 1.80 bits per heavy atom. The molecule has 0 aromatic carbocycles. The molecule has 0 heterocycles. The summed E-state index contributed by atoms with van der Waals surface area (Å²) in [4.78, 5) is -0.0278. The predicted octanol–water partition coefficient (Wildman–Crippen LogP) is 1.59. The van der Waals surface area contributed by atoms with Crippen LogP contribution in [0.3, 0.4) is 0 Å². The van der Waals surface area contributed by atoms with E-state index in [0.717, 1.165) is 12.8 Å². The Hall–Kier alpha value is 0.290. The van der Waals surface area contributed by atoms with E-state index >= 15 is 0 Å². The molecule has 1 saturated carbocycles. The van der Waals surface area contributed by atoms with E-state index in [-0.39, 0.29) is 4.87 Å². The first-order valence-corrected chi connectivity index (χ1v) is 2.13. The highest BCUT2D eigenvalue weighted by Gasteiger charge is 2.34. The van der Waals surface area contributed by atoms with Crippen molar-refractivity contribution in [3.63, 3.8) is 0 Å². The lowest BCUT2D eigenvalue weighted by Crippen LogP contribution is -1.81. The van der Waals surface area contributed by atoms with Crippen LogP contribution in [0.4, 0.5) is 0 Å². The van der Waals surface area contributed by atoms with Gasteiger partial charge in [-0.2, -0.15) is 0 Å². The van der Waals surface area contributed by atoms with Crippen molar-refractivity contribution in [1.29, 1.82) is 0 Å². The second-order valence-corrected chi connectivity index (χ2v) is 2.45. The second-order valence-electron chi connectivity index (χ2n) is 1.65. The standard InChI is InChI=1S/C4H6Cl/c1-4(5)2-3-4/h1-3H2. The van der Waals surface area contributed by atoms with Crippen LogP contribution in [-0.4, -0.2) is 4.87 Å². The minimum absolute atomic E-state index is 0.0278. The third-order valence-electron chi connectivity index (χ3n) is 0.793. The van der Waals surface area contributed by atoms with E-state index in [9.17, 15) is 0 Å². The van der Waals surface area contributed by atoms with Crippen LogP contribution in [0.2, 0.25) is 0 Å². The zero-order valence-electron chi connectivity index (χ0n) is 3.00. The number of halogens is 1. The molecule has 0 aliphatic heterocycles. The van der Waals surface area contributed by atoms with Crippen molar-refractivity contribution < 1.29 is 0 Å². The van der Waals surface area contributed by atoms with Crippen LogP contribution in [0, 0.1) is 6.92 Å². The number of hydrogen-bond acceptors (Lipinski definition) is 0. The number of hydrogen-bond donors (Lipinski definition) is 0. The molecule has 0 saturated heterocycles. The molecule has 0 aromatic rings. The molecule has 0 unspecified atom stereocenters. The molecule has 1 heteroatoms. The molecule has 1 aliphatic rings. The monoisotopic (exact) mass is 89.0 g/mol. The normalized spacial score (nSPS) is 30.0. The fourth-order valence-electron chi connectivity index (χ4n) is 0.136. The maximum Gasteiger partial charge on any atom is 0.0448 e. The van der Waals surface area contributed by atoms with Gasteiger partial charge in [-0.25, -0.2) is 0 Å². The lowest BCUT2D eigenvalue weighted by atomic mass is 10.5. The fraction of sp³-hybridized carbons (Fsp3) is 0.750. The van der Waals surface area contributed by atoms with Gasteiger partial charge < -0.3 is 0 Å². The average Bonchev–Trinajstić information content (AvgIpc) is 1.76. The van der Waals surface area contributed by atoms with Crippen LogP contribution in [0.1, 0.15) is 12.8 Å². The number of rotatable bonds is 0. The molecule has 0 bridgehead atoms. The van der Waals surface area contributed by atoms with Gasteiger partial charge in [0.2, 0.25) is 0 Å². The highest BCUT2D eigenvalue weighted by Crippen LogP contribution is 2.40. The van der Waals surface area contributed by atoms with Crippen molar-refractivity contribution in [2.45, 2.75) is 17.7 Å². The van der Waals surface area contributed by atoms with Gasteiger partial charge in [-0.15, -0.1) is 11.6 Å². The van der Waals surface area contributed by atoms with Gasteiger partial charge in [0, 0.05) is 4.87 Å². The molecule has 0 N–H and O–H groups in total. The van der Waals surface area contributed by atoms with E-state index in [1.54, 1.807) is 0 Å².